The van der Waals surface area contributed by atoms with Crippen LogP contribution in [0.4, 0.5) is 0 Å². The van der Waals surface area contributed by atoms with Crippen molar-refractivity contribution in [3.63, 3.8) is 0 Å². The second-order valence-corrected chi connectivity index (χ2v) is 8.23. The summed E-state index contributed by atoms with van der Waals surface area (Å²) in [6.45, 7) is 6.39. The molecule has 1 fully saturated rings. The third-order valence-corrected chi connectivity index (χ3v) is 5.79. The molecule has 0 amide bonds. The van der Waals surface area contributed by atoms with E-state index in [2.05, 4.69) is 5.32 Å². The molecule has 0 aliphatic carbocycles. The Balaban J connectivity index is 2.35. The van der Waals surface area contributed by atoms with Crippen molar-refractivity contribution in [2.24, 2.45) is 0 Å². The van der Waals surface area contributed by atoms with E-state index in [1.807, 2.05) is 26.8 Å². The first-order chi connectivity index (χ1) is 7.83. The minimum atomic E-state index is -2.86. The summed E-state index contributed by atoms with van der Waals surface area (Å²) in [5, 5.41) is 4.60. The van der Waals surface area contributed by atoms with Gasteiger partial charge in [-0.2, -0.15) is 0 Å². The third-order valence-electron chi connectivity index (χ3n) is 2.89. The molecule has 3 nitrogen and oxygen atoms in total. The second-order valence-electron chi connectivity index (χ2n) is 5.05. The first-order valence-corrected chi connectivity index (χ1v) is 7.69. The molecule has 1 aliphatic rings. The summed E-state index contributed by atoms with van der Waals surface area (Å²) >= 11 is 5.93. The number of rotatable bonds is 1. The molecule has 2 rings (SSSR count). The van der Waals surface area contributed by atoms with Crippen LogP contribution < -0.4 is 10.6 Å². The Morgan fingerprint density at radius 2 is 2.24 bits per heavy atom. The second kappa shape index (κ2) is 4.40. The van der Waals surface area contributed by atoms with Gasteiger partial charge in [-0.15, -0.1) is 0 Å². The van der Waals surface area contributed by atoms with Crippen LogP contribution in [0.3, 0.4) is 0 Å². The number of benzene rings is 1. The van der Waals surface area contributed by atoms with Crippen LogP contribution in [0.2, 0.25) is 5.02 Å². The van der Waals surface area contributed by atoms with E-state index in [0.29, 0.717) is 16.9 Å². The summed E-state index contributed by atoms with van der Waals surface area (Å²) in [6.07, 6.45) is 0. The zero-order valence-electron chi connectivity index (χ0n) is 10.2. The molecule has 2 atom stereocenters. The van der Waals surface area contributed by atoms with Gasteiger partial charge in [-0.05, 0) is 39.0 Å². The van der Waals surface area contributed by atoms with E-state index in [-0.39, 0.29) is 11.3 Å². The fourth-order valence-corrected chi connectivity index (χ4v) is 4.76. The topological polar surface area (TPSA) is 38.3 Å². The maximum absolute atomic E-state index is 12.9. The fraction of sp³-hybridized carbons (Fsp3) is 0.500. The van der Waals surface area contributed by atoms with Crippen LogP contribution in [0.1, 0.15) is 20.8 Å². The van der Waals surface area contributed by atoms with Crippen LogP contribution in [0.15, 0.2) is 24.3 Å². The van der Waals surface area contributed by atoms with E-state index in [0.717, 1.165) is 0 Å². The number of nitrogens with one attached hydrogen (secondary N) is 1. The average molecular weight is 274 g/mol. The molecule has 1 N–H and O–H groups in total. The van der Waals surface area contributed by atoms with E-state index in [1.54, 1.807) is 18.2 Å². The van der Waals surface area contributed by atoms with E-state index in [9.17, 15) is 4.57 Å². The van der Waals surface area contributed by atoms with Crippen molar-refractivity contribution < 1.29 is 9.09 Å². The molecule has 17 heavy (non-hydrogen) atoms. The molecule has 0 bridgehead atoms. The highest BCUT2D eigenvalue weighted by Gasteiger charge is 2.42. The van der Waals surface area contributed by atoms with Crippen molar-refractivity contribution in [3.8, 4) is 0 Å². The Labute approximate surface area is 107 Å². The lowest BCUT2D eigenvalue weighted by Crippen LogP contribution is -2.53. The standard InChI is InChI=1S/C12H17ClNO2P/c1-9-14-12(2,3)8-16-17(9,15)11-6-4-5-10(13)7-11/h4-7,9,14H,8H2,1-3H3/t9-,17?/m1/s1. The molecular formula is C12H17ClNO2P. The Hall–Kier alpha value is -0.340. The van der Waals surface area contributed by atoms with Gasteiger partial charge in [-0.1, -0.05) is 17.7 Å². The van der Waals surface area contributed by atoms with Gasteiger partial charge in [0.05, 0.1) is 12.4 Å². The first kappa shape index (κ1) is 13.1. The number of halogens is 1. The van der Waals surface area contributed by atoms with E-state index in [4.69, 9.17) is 16.1 Å². The molecule has 1 aliphatic heterocycles. The lowest BCUT2D eigenvalue weighted by Gasteiger charge is -2.40. The van der Waals surface area contributed by atoms with Gasteiger partial charge in [0.25, 0.3) is 0 Å². The average Bonchev–Trinajstić information content (AvgIpc) is 2.24. The maximum Gasteiger partial charge on any atom is 0.248 e. The highest BCUT2D eigenvalue weighted by Crippen LogP contribution is 2.53. The van der Waals surface area contributed by atoms with Gasteiger partial charge in [0, 0.05) is 15.9 Å². The molecule has 1 heterocycles. The molecule has 0 radical (unpaired) electrons. The predicted molar refractivity (Wildman–Crippen MR) is 71.3 cm³/mol. The minimum Gasteiger partial charge on any atom is -0.322 e. The third kappa shape index (κ3) is 2.58. The molecule has 0 spiro atoms. The van der Waals surface area contributed by atoms with Crippen molar-refractivity contribution in [2.75, 3.05) is 6.61 Å². The lowest BCUT2D eigenvalue weighted by molar-refractivity contribution is 0.174. The lowest BCUT2D eigenvalue weighted by atomic mass is 10.1. The summed E-state index contributed by atoms with van der Waals surface area (Å²) < 4.78 is 18.5. The molecular weight excluding hydrogens is 257 g/mol. The molecule has 1 aromatic carbocycles. The van der Waals surface area contributed by atoms with Gasteiger partial charge in [0.15, 0.2) is 0 Å². The Kier molecular flexibility index (Phi) is 3.39. The fourth-order valence-electron chi connectivity index (χ4n) is 2.03. The SMILES string of the molecule is C[C@@H]1NC(C)(C)COP1(=O)c1cccc(Cl)c1. The van der Waals surface area contributed by atoms with Crippen molar-refractivity contribution in [1.82, 2.24) is 5.32 Å². The van der Waals surface area contributed by atoms with Crippen molar-refractivity contribution in [2.45, 2.75) is 32.1 Å². The molecule has 5 heteroatoms. The van der Waals surface area contributed by atoms with Gasteiger partial charge < -0.3 is 4.52 Å². The van der Waals surface area contributed by atoms with Crippen LogP contribution in [-0.2, 0) is 9.09 Å². The molecule has 94 valence electrons. The Bertz CT molecular complexity index is 475. The maximum atomic E-state index is 12.9. The first-order valence-electron chi connectivity index (χ1n) is 5.62. The van der Waals surface area contributed by atoms with Gasteiger partial charge in [-0.25, -0.2) is 0 Å². The molecule has 0 aromatic heterocycles. The van der Waals surface area contributed by atoms with Crippen LogP contribution in [0, 0.1) is 0 Å². The Morgan fingerprint density at radius 1 is 1.53 bits per heavy atom. The van der Waals surface area contributed by atoms with Gasteiger partial charge in [-0.3, -0.25) is 9.88 Å². The summed E-state index contributed by atoms with van der Waals surface area (Å²) in [5.74, 6) is -0.204. The zero-order chi connectivity index (χ0) is 12.7. The zero-order valence-corrected chi connectivity index (χ0v) is 11.9. The molecule has 1 aromatic rings. The monoisotopic (exact) mass is 273 g/mol. The van der Waals surface area contributed by atoms with Crippen LogP contribution in [-0.4, -0.2) is 17.9 Å². The van der Waals surface area contributed by atoms with E-state index >= 15 is 0 Å². The van der Waals surface area contributed by atoms with Gasteiger partial charge in [0.1, 0.15) is 0 Å². The van der Waals surface area contributed by atoms with Crippen molar-refractivity contribution >= 4 is 24.3 Å². The minimum absolute atomic E-state index is 0.147. The van der Waals surface area contributed by atoms with Crippen LogP contribution in [0.25, 0.3) is 0 Å². The normalized spacial score (nSPS) is 32.4. The highest BCUT2D eigenvalue weighted by atomic mass is 35.5. The summed E-state index contributed by atoms with van der Waals surface area (Å²) in [5.41, 5.74) is -0.147. The largest absolute Gasteiger partial charge is 0.322 e. The van der Waals surface area contributed by atoms with Gasteiger partial charge >= 0.3 is 0 Å². The van der Waals surface area contributed by atoms with Crippen molar-refractivity contribution in [1.29, 1.82) is 0 Å². The van der Waals surface area contributed by atoms with Crippen molar-refractivity contribution in [3.05, 3.63) is 29.3 Å². The number of hydrogen-bond donors (Lipinski definition) is 1. The Morgan fingerprint density at radius 3 is 2.82 bits per heavy atom. The van der Waals surface area contributed by atoms with Gasteiger partial charge in [0.2, 0.25) is 7.37 Å². The van der Waals surface area contributed by atoms with E-state index < -0.39 is 7.37 Å². The quantitative estimate of drug-likeness (QED) is 0.800. The smallest absolute Gasteiger partial charge is 0.248 e. The molecule has 0 saturated carbocycles. The number of hydrogen-bond acceptors (Lipinski definition) is 3. The highest BCUT2D eigenvalue weighted by molar-refractivity contribution is 7.67. The molecule has 1 unspecified atom stereocenters. The van der Waals surface area contributed by atoms with E-state index in [1.165, 1.54) is 0 Å². The molecule has 1 saturated heterocycles. The summed E-state index contributed by atoms with van der Waals surface area (Å²) in [7, 11) is -2.86. The van der Waals surface area contributed by atoms with Crippen LogP contribution in [0.5, 0.6) is 0 Å². The predicted octanol–water partition coefficient (Wildman–Crippen LogP) is 2.99. The summed E-state index contributed by atoms with van der Waals surface area (Å²) in [4.78, 5) is 0. The summed E-state index contributed by atoms with van der Waals surface area (Å²) in [6, 6.07) is 7.10. The van der Waals surface area contributed by atoms with Crippen LogP contribution >= 0.6 is 19.0 Å².